The van der Waals surface area contributed by atoms with Crippen molar-refractivity contribution >= 4 is 82.1 Å². The minimum absolute atomic E-state index is 0.617. The van der Waals surface area contributed by atoms with Crippen LogP contribution in [0.4, 0.5) is 0 Å². The van der Waals surface area contributed by atoms with Gasteiger partial charge in [-0.1, -0.05) is 206 Å². The summed E-state index contributed by atoms with van der Waals surface area (Å²) >= 11 is 1.84. The number of benzene rings is 10. The van der Waals surface area contributed by atoms with E-state index in [0.29, 0.717) is 17.5 Å². The molecule has 0 unspecified atom stereocenters. The van der Waals surface area contributed by atoms with Crippen molar-refractivity contribution in [2.75, 3.05) is 0 Å². The Morgan fingerprint density at radius 2 is 0.725 bits per heavy atom. The molecular formula is C63H42N4SSi. The Kier molecular flexibility index (Phi) is 10.00. The minimum atomic E-state index is -2.83. The van der Waals surface area contributed by atoms with Gasteiger partial charge in [0.05, 0.1) is 11.0 Å². The SMILES string of the molecule is c1ccc([Si](c2ccccc2)(c2ccccc2)c2cccc(-c3nc(-c4ccc(-c5ccc6c(c5)sc5ccccc56)cc4)nc(-c4ccc(-n5c6ccccc6c6ccccc65)cc4)n3)c2)cc1. The number of nitrogens with zero attached hydrogens (tertiary/aromatic N) is 4. The van der Waals surface area contributed by atoms with Crippen molar-refractivity contribution in [3.8, 4) is 51.0 Å². The molecule has 0 N–H and O–H groups in total. The zero-order valence-electron chi connectivity index (χ0n) is 37.4. The van der Waals surface area contributed by atoms with Gasteiger partial charge in [-0.3, -0.25) is 0 Å². The normalized spacial score (nSPS) is 11.8. The van der Waals surface area contributed by atoms with Crippen molar-refractivity contribution < 1.29 is 0 Å². The second kappa shape index (κ2) is 17.0. The van der Waals surface area contributed by atoms with Crippen LogP contribution in [0.25, 0.3) is 93.0 Å². The molecule has 0 fully saturated rings. The molecule has 10 aromatic carbocycles. The molecule has 4 nitrogen and oxygen atoms in total. The van der Waals surface area contributed by atoms with E-state index in [0.717, 1.165) is 27.9 Å². The molecule has 324 valence electrons. The Morgan fingerprint density at radius 3 is 1.30 bits per heavy atom. The summed E-state index contributed by atoms with van der Waals surface area (Å²) in [5.41, 5.74) is 8.51. The molecule has 0 aliphatic rings. The Morgan fingerprint density at radius 1 is 0.290 bits per heavy atom. The molecule has 13 rings (SSSR count). The van der Waals surface area contributed by atoms with Crippen LogP contribution in [-0.2, 0) is 0 Å². The highest BCUT2D eigenvalue weighted by molar-refractivity contribution is 7.25. The highest BCUT2D eigenvalue weighted by Crippen LogP contribution is 2.37. The maximum absolute atomic E-state index is 5.33. The smallest absolute Gasteiger partial charge is 0.179 e. The summed E-state index contributed by atoms with van der Waals surface area (Å²) in [6.45, 7) is 0. The first-order valence-corrected chi connectivity index (χ1v) is 26.2. The molecule has 6 heteroatoms. The molecule has 0 amide bonds. The molecule has 69 heavy (non-hydrogen) atoms. The first-order chi connectivity index (χ1) is 34.2. The van der Waals surface area contributed by atoms with E-state index in [2.05, 4.69) is 259 Å². The molecule has 0 bridgehead atoms. The Bertz CT molecular complexity index is 3850. The van der Waals surface area contributed by atoms with Crippen LogP contribution in [0.3, 0.4) is 0 Å². The van der Waals surface area contributed by atoms with E-state index >= 15 is 0 Å². The number of hydrogen-bond donors (Lipinski definition) is 0. The quantitative estimate of drug-likeness (QED) is 0.107. The summed E-state index contributed by atoms with van der Waals surface area (Å²) in [7, 11) is -2.83. The summed E-state index contributed by atoms with van der Waals surface area (Å²) < 4.78 is 4.93. The second-order valence-corrected chi connectivity index (χ2v) is 22.4. The van der Waals surface area contributed by atoms with Crippen LogP contribution in [0.1, 0.15) is 0 Å². The highest BCUT2D eigenvalue weighted by Gasteiger charge is 2.41. The molecule has 0 saturated heterocycles. The van der Waals surface area contributed by atoms with Gasteiger partial charge in [-0.15, -0.1) is 11.3 Å². The summed E-state index contributed by atoms with van der Waals surface area (Å²) in [6.07, 6.45) is 0. The molecule has 3 aromatic heterocycles. The van der Waals surface area contributed by atoms with Crippen molar-refractivity contribution in [2.45, 2.75) is 0 Å². The Hall–Kier alpha value is -8.55. The fourth-order valence-corrected chi connectivity index (χ4v) is 16.3. The highest BCUT2D eigenvalue weighted by atomic mass is 32.1. The minimum Gasteiger partial charge on any atom is -0.309 e. The van der Waals surface area contributed by atoms with E-state index in [-0.39, 0.29) is 0 Å². The third kappa shape index (κ3) is 7.00. The topological polar surface area (TPSA) is 43.6 Å². The molecule has 0 spiro atoms. The predicted molar refractivity (Wildman–Crippen MR) is 292 cm³/mol. The third-order valence-corrected chi connectivity index (χ3v) is 19.5. The van der Waals surface area contributed by atoms with E-state index in [4.69, 9.17) is 15.0 Å². The van der Waals surface area contributed by atoms with Crippen LogP contribution >= 0.6 is 11.3 Å². The van der Waals surface area contributed by atoms with Gasteiger partial charge in [0.2, 0.25) is 0 Å². The number of hydrogen-bond acceptors (Lipinski definition) is 4. The lowest BCUT2D eigenvalue weighted by Gasteiger charge is -2.34. The van der Waals surface area contributed by atoms with Crippen LogP contribution < -0.4 is 20.7 Å². The largest absolute Gasteiger partial charge is 0.309 e. The van der Waals surface area contributed by atoms with Gasteiger partial charge in [0, 0.05) is 53.3 Å². The number of fused-ring (bicyclic) bond motifs is 6. The molecule has 0 aliphatic heterocycles. The van der Waals surface area contributed by atoms with Gasteiger partial charge < -0.3 is 4.57 Å². The van der Waals surface area contributed by atoms with Gasteiger partial charge in [0.25, 0.3) is 0 Å². The van der Waals surface area contributed by atoms with Crippen molar-refractivity contribution in [3.05, 3.63) is 255 Å². The van der Waals surface area contributed by atoms with Gasteiger partial charge in [-0.05, 0) is 80.4 Å². The number of para-hydroxylation sites is 2. The molecule has 0 atom stereocenters. The maximum Gasteiger partial charge on any atom is 0.179 e. The predicted octanol–water partition coefficient (Wildman–Crippen LogP) is 13.4. The second-order valence-electron chi connectivity index (χ2n) is 17.5. The summed E-state index contributed by atoms with van der Waals surface area (Å²) in [5, 5.41) is 10.3. The fraction of sp³-hybridized carbons (Fsp3) is 0. The summed E-state index contributed by atoms with van der Waals surface area (Å²) in [4.78, 5) is 15.9. The van der Waals surface area contributed by atoms with Crippen molar-refractivity contribution in [3.63, 3.8) is 0 Å². The number of thiophene rings is 1. The first-order valence-electron chi connectivity index (χ1n) is 23.3. The van der Waals surface area contributed by atoms with Crippen LogP contribution in [0.5, 0.6) is 0 Å². The first kappa shape index (κ1) is 40.7. The molecule has 0 aliphatic carbocycles. The van der Waals surface area contributed by atoms with Gasteiger partial charge >= 0.3 is 0 Å². The molecular weight excluding hydrogens is 873 g/mol. The summed E-state index contributed by atoms with van der Waals surface area (Å²) in [6, 6.07) is 92.0. The fourth-order valence-electron chi connectivity index (χ4n) is 10.4. The number of rotatable bonds is 9. The summed E-state index contributed by atoms with van der Waals surface area (Å²) in [5.74, 6) is 1.86. The maximum atomic E-state index is 5.33. The lowest BCUT2D eigenvalue weighted by Crippen LogP contribution is -2.74. The van der Waals surface area contributed by atoms with E-state index in [1.165, 1.54) is 68.3 Å². The standard InChI is InChI=1S/C63H42N4SSi/c1-4-18-49(19-5-1)69(50-20-6-2-7-21-50,51-22-8-3-9-23-51)52-24-16-17-47(41-52)63-65-61(44-33-31-43(32-34-44)46-37-40-56-55-27-12-15-30-59(55)68-60(56)42-46)64-62(66-63)45-35-38-48(39-36-45)67-57-28-13-10-25-53(57)54-26-11-14-29-58(54)67/h1-42H. The molecule has 0 radical (unpaired) electrons. The van der Waals surface area contributed by atoms with E-state index in [9.17, 15) is 0 Å². The lowest BCUT2D eigenvalue weighted by atomic mass is 10.0. The third-order valence-electron chi connectivity index (χ3n) is 13.6. The van der Waals surface area contributed by atoms with E-state index in [1.54, 1.807) is 0 Å². The van der Waals surface area contributed by atoms with Crippen LogP contribution in [0, 0.1) is 0 Å². The average molecular weight is 915 g/mol. The van der Waals surface area contributed by atoms with Crippen molar-refractivity contribution in [2.24, 2.45) is 0 Å². The molecule has 0 saturated carbocycles. The zero-order valence-corrected chi connectivity index (χ0v) is 39.3. The van der Waals surface area contributed by atoms with Gasteiger partial charge in [0.15, 0.2) is 25.5 Å². The Labute approximate surface area is 405 Å². The Balaban J connectivity index is 0.958. The molecule has 3 heterocycles. The van der Waals surface area contributed by atoms with Gasteiger partial charge in [-0.2, -0.15) is 0 Å². The van der Waals surface area contributed by atoms with E-state index < -0.39 is 8.07 Å². The zero-order chi connectivity index (χ0) is 45.7. The van der Waals surface area contributed by atoms with Gasteiger partial charge in [0.1, 0.15) is 0 Å². The average Bonchev–Trinajstić information content (AvgIpc) is 3.98. The van der Waals surface area contributed by atoms with E-state index in [1.807, 2.05) is 11.3 Å². The van der Waals surface area contributed by atoms with Crippen LogP contribution in [0.2, 0.25) is 0 Å². The number of aromatic nitrogens is 4. The van der Waals surface area contributed by atoms with Crippen molar-refractivity contribution in [1.82, 2.24) is 19.5 Å². The van der Waals surface area contributed by atoms with Gasteiger partial charge in [-0.25, -0.2) is 15.0 Å². The van der Waals surface area contributed by atoms with Crippen LogP contribution in [0.15, 0.2) is 255 Å². The van der Waals surface area contributed by atoms with Crippen molar-refractivity contribution in [1.29, 1.82) is 0 Å². The van der Waals surface area contributed by atoms with Crippen LogP contribution in [-0.4, -0.2) is 27.6 Å². The molecule has 13 aromatic rings. The monoisotopic (exact) mass is 914 g/mol. The lowest BCUT2D eigenvalue weighted by molar-refractivity contribution is 1.07.